The fraction of sp³-hybridized carbons (Fsp3) is 0.450. The molecule has 2 heterocycles. The minimum atomic E-state index is -0.283. The Hall–Kier alpha value is -2.94. The van der Waals surface area contributed by atoms with Crippen LogP contribution in [0.5, 0.6) is 5.88 Å². The van der Waals surface area contributed by atoms with E-state index in [4.69, 9.17) is 9.47 Å². The summed E-state index contributed by atoms with van der Waals surface area (Å²) in [7, 11) is 3.09. The van der Waals surface area contributed by atoms with Gasteiger partial charge in [-0.15, -0.1) is 0 Å². The summed E-state index contributed by atoms with van der Waals surface area (Å²) in [4.78, 5) is 25.1. The molecule has 1 aromatic carbocycles. The highest BCUT2D eigenvalue weighted by atomic mass is 19.1. The number of amides is 1. The van der Waals surface area contributed by atoms with Crippen molar-refractivity contribution in [1.29, 1.82) is 0 Å². The number of nitrogens with zero attached hydrogens (tertiary/aromatic N) is 4. The number of hydrogen-bond donors (Lipinski definition) is 1. The maximum Gasteiger partial charge on any atom is 0.258 e. The van der Waals surface area contributed by atoms with Gasteiger partial charge in [0.1, 0.15) is 11.4 Å². The molecule has 0 spiro atoms. The molecule has 1 aromatic heterocycles. The predicted octanol–water partition coefficient (Wildman–Crippen LogP) is 1.72. The average molecular weight is 403 g/mol. The molecular weight excluding hydrogens is 377 g/mol. The van der Waals surface area contributed by atoms with Gasteiger partial charge in [0.05, 0.1) is 12.8 Å². The third-order valence-electron chi connectivity index (χ3n) is 4.75. The minimum Gasteiger partial charge on any atom is -0.480 e. The van der Waals surface area contributed by atoms with E-state index >= 15 is 0 Å². The van der Waals surface area contributed by atoms with Crippen molar-refractivity contribution in [3.8, 4) is 5.88 Å². The highest BCUT2D eigenvalue weighted by Crippen LogP contribution is 2.23. The van der Waals surface area contributed by atoms with Crippen LogP contribution in [0.4, 0.5) is 16.0 Å². The van der Waals surface area contributed by atoms with E-state index in [0.29, 0.717) is 56.5 Å². The first-order valence-electron chi connectivity index (χ1n) is 9.56. The number of methoxy groups -OCH3 is 2. The Bertz CT molecular complexity index is 828. The first-order valence-corrected chi connectivity index (χ1v) is 9.56. The van der Waals surface area contributed by atoms with E-state index < -0.39 is 0 Å². The summed E-state index contributed by atoms with van der Waals surface area (Å²) in [6.45, 7) is 3.64. The summed E-state index contributed by atoms with van der Waals surface area (Å²) in [5, 5.41) is 2.80. The van der Waals surface area contributed by atoms with Gasteiger partial charge in [0.25, 0.3) is 5.91 Å². The summed E-state index contributed by atoms with van der Waals surface area (Å²) >= 11 is 0. The van der Waals surface area contributed by atoms with Crippen LogP contribution >= 0.6 is 0 Å². The van der Waals surface area contributed by atoms with E-state index in [-0.39, 0.29) is 17.6 Å². The molecule has 29 heavy (non-hydrogen) atoms. The van der Waals surface area contributed by atoms with Gasteiger partial charge in [-0.3, -0.25) is 4.79 Å². The van der Waals surface area contributed by atoms with Crippen LogP contribution in [0.25, 0.3) is 0 Å². The Balaban J connectivity index is 1.63. The van der Waals surface area contributed by atoms with Gasteiger partial charge in [0.15, 0.2) is 0 Å². The smallest absolute Gasteiger partial charge is 0.258 e. The number of carbonyl (C=O) groups is 1. The number of halogens is 1. The van der Waals surface area contributed by atoms with E-state index in [1.807, 2.05) is 15.9 Å². The molecule has 1 aliphatic rings. The van der Waals surface area contributed by atoms with E-state index in [1.165, 1.54) is 19.4 Å². The Morgan fingerprint density at radius 1 is 1.17 bits per heavy atom. The van der Waals surface area contributed by atoms with Crippen LogP contribution in [-0.4, -0.2) is 69.4 Å². The molecule has 0 aliphatic carbocycles. The first-order chi connectivity index (χ1) is 14.1. The molecule has 0 radical (unpaired) electrons. The lowest BCUT2D eigenvalue weighted by Gasteiger charge is -2.36. The molecule has 1 amide bonds. The van der Waals surface area contributed by atoms with Crippen molar-refractivity contribution in [3.05, 3.63) is 41.8 Å². The predicted molar refractivity (Wildman–Crippen MR) is 108 cm³/mol. The van der Waals surface area contributed by atoms with Gasteiger partial charge in [-0.1, -0.05) is 12.1 Å². The van der Waals surface area contributed by atoms with Gasteiger partial charge in [-0.05, 0) is 18.6 Å². The third kappa shape index (κ3) is 5.11. The number of anilines is 2. The highest BCUT2D eigenvalue weighted by molar-refractivity contribution is 5.96. The molecule has 9 heteroatoms. The van der Waals surface area contributed by atoms with Crippen LogP contribution in [0.2, 0.25) is 0 Å². The lowest BCUT2D eigenvalue weighted by molar-refractivity contribution is 0.0944. The molecular formula is C20H26FN5O3. The molecule has 0 unspecified atom stereocenters. The zero-order chi connectivity index (χ0) is 20.6. The normalized spacial score (nSPS) is 14.0. The molecule has 3 rings (SSSR count). The van der Waals surface area contributed by atoms with Gasteiger partial charge >= 0.3 is 0 Å². The number of hydrogen-bond acceptors (Lipinski definition) is 7. The van der Waals surface area contributed by atoms with E-state index in [1.54, 1.807) is 19.2 Å². The molecule has 156 valence electrons. The van der Waals surface area contributed by atoms with E-state index in [0.717, 1.165) is 6.42 Å². The average Bonchev–Trinajstić information content (AvgIpc) is 2.76. The van der Waals surface area contributed by atoms with Crippen molar-refractivity contribution in [2.24, 2.45) is 0 Å². The molecule has 2 aromatic rings. The van der Waals surface area contributed by atoms with Gasteiger partial charge < -0.3 is 24.6 Å². The van der Waals surface area contributed by atoms with E-state index in [9.17, 15) is 9.18 Å². The van der Waals surface area contributed by atoms with E-state index in [2.05, 4.69) is 15.3 Å². The number of carbonyl (C=O) groups excluding carboxylic acids is 1. The Morgan fingerprint density at radius 2 is 1.90 bits per heavy atom. The fourth-order valence-electron chi connectivity index (χ4n) is 3.19. The zero-order valence-corrected chi connectivity index (χ0v) is 16.7. The van der Waals surface area contributed by atoms with Gasteiger partial charge in [-0.2, -0.15) is 4.98 Å². The monoisotopic (exact) mass is 403 g/mol. The maximum absolute atomic E-state index is 14.0. The van der Waals surface area contributed by atoms with Crippen LogP contribution < -0.4 is 19.9 Å². The van der Waals surface area contributed by atoms with Gasteiger partial charge in [0, 0.05) is 52.6 Å². The molecule has 1 fully saturated rings. The van der Waals surface area contributed by atoms with Gasteiger partial charge in [-0.25, -0.2) is 9.37 Å². The quantitative estimate of drug-likeness (QED) is 0.672. The SMILES string of the molecule is COCCCNC(=O)c1cnc(N2CCN(c3ccccc3F)CC2)nc1OC. The number of piperazine rings is 1. The molecule has 1 aliphatic heterocycles. The van der Waals surface area contributed by atoms with Crippen molar-refractivity contribution in [1.82, 2.24) is 15.3 Å². The Kier molecular flexibility index (Phi) is 7.18. The molecule has 0 bridgehead atoms. The van der Waals surface area contributed by atoms with Crippen molar-refractivity contribution in [3.63, 3.8) is 0 Å². The molecule has 0 atom stereocenters. The van der Waals surface area contributed by atoms with Crippen LogP contribution in [0, 0.1) is 5.82 Å². The lowest BCUT2D eigenvalue weighted by Crippen LogP contribution is -2.47. The number of para-hydroxylation sites is 1. The maximum atomic E-state index is 14.0. The van der Waals surface area contributed by atoms with Crippen molar-refractivity contribution in [2.75, 3.05) is 63.4 Å². The number of nitrogens with one attached hydrogen (secondary N) is 1. The Morgan fingerprint density at radius 3 is 2.59 bits per heavy atom. The summed E-state index contributed by atoms with van der Waals surface area (Å²) in [6, 6.07) is 6.77. The standard InChI is InChI=1S/C20H26FN5O3/c1-28-13-5-8-22-18(27)15-14-23-20(24-19(15)29-2)26-11-9-25(10-12-26)17-7-4-3-6-16(17)21/h3-4,6-7,14H,5,8-13H2,1-2H3,(H,22,27). The number of benzene rings is 1. The number of aromatic nitrogens is 2. The molecule has 0 saturated carbocycles. The Labute approximate surface area is 169 Å². The highest BCUT2D eigenvalue weighted by Gasteiger charge is 2.23. The van der Waals surface area contributed by atoms with Crippen LogP contribution in [0.3, 0.4) is 0 Å². The molecule has 1 saturated heterocycles. The number of ether oxygens (including phenoxy) is 2. The van der Waals surface area contributed by atoms with Crippen molar-refractivity contribution >= 4 is 17.5 Å². The summed E-state index contributed by atoms with van der Waals surface area (Å²) < 4.78 is 24.3. The third-order valence-corrected chi connectivity index (χ3v) is 4.75. The first kappa shape index (κ1) is 20.8. The second kappa shape index (κ2) is 10.0. The second-order valence-electron chi connectivity index (χ2n) is 6.62. The van der Waals surface area contributed by atoms with Crippen LogP contribution in [0.1, 0.15) is 16.8 Å². The second-order valence-corrected chi connectivity index (χ2v) is 6.62. The van der Waals surface area contributed by atoms with Crippen LogP contribution in [-0.2, 0) is 4.74 Å². The molecule has 8 nitrogen and oxygen atoms in total. The van der Waals surface area contributed by atoms with Gasteiger partial charge in [0.2, 0.25) is 11.8 Å². The largest absolute Gasteiger partial charge is 0.480 e. The minimum absolute atomic E-state index is 0.222. The zero-order valence-electron chi connectivity index (χ0n) is 16.7. The van der Waals surface area contributed by atoms with Crippen molar-refractivity contribution < 1.29 is 18.7 Å². The fourth-order valence-corrected chi connectivity index (χ4v) is 3.19. The van der Waals surface area contributed by atoms with Crippen LogP contribution in [0.15, 0.2) is 30.5 Å². The molecule has 1 N–H and O–H groups in total. The topological polar surface area (TPSA) is 79.8 Å². The number of rotatable bonds is 8. The lowest BCUT2D eigenvalue weighted by atomic mass is 10.2. The summed E-state index contributed by atoms with van der Waals surface area (Å²) in [5.41, 5.74) is 0.893. The summed E-state index contributed by atoms with van der Waals surface area (Å²) in [5.74, 6) is 0.218. The summed E-state index contributed by atoms with van der Waals surface area (Å²) in [6.07, 6.45) is 2.20. The van der Waals surface area contributed by atoms with Crippen molar-refractivity contribution in [2.45, 2.75) is 6.42 Å².